The maximum absolute atomic E-state index is 12.6. The Kier molecular flexibility index (Phi) is 4.15. The molecule has 1 aromatic rings. The van der Waals surface area contributed by atoms with Gasteiger partial charge in [0.25, 0.3) is 0 Å². The van der Waals surface area contributed by atoms with Crippen molar-refractivity contribution in [1.29, 1.82) is 0 Å². The van der Waals surface area contributed by atoms with Crippen LogP contribution in [0, 0.1) is 0 Å². The first-order chi connectivity index (χ1) is 8.55. The van der Waals surface area contributed by atoms with E-state index in [0.717, 1.165) is 24.3 Å². The van der Waals surface area contributed by atoms with Crippen LogP contribution < -0.4 is 10.5 Å². The van der Waals surface area contributed by atoms with E-state index in [1.165, 1.54) is 5.32 Å². The Bertz CT molecular complexity index is 572. The summed E-state index contributed by atoms with van der Waals surface area (Å²) in [6.07, 6.45) is -4.14. The van der Waals surface area contributed by atoms with Crippen molar-refractivity contribution in [3.05, 3.63) is 24.3 Å². The number of alkyl halides is 4. The van der Waals surface area contributed by atoms with E-state index >= 15 is 0 Å². The van der Waals surface area contributed by atoms with Crippen LogP contribution in [0.5, 0.6) is 0 Å². The molecular weight excluding hydrogens is 292 g/mol. The number of hydrogen-bond donors (Lipinski definition) is 2. The number of benzene rings is 1. The highest BCUT2D eigenvalue weighted by Gasteiger charge is 2.48. The van der Waals surface area contributed by atoms with E-state index in [0.29, 0.717) is 0 Å². The summed E-state index contributed by atoms with van der Waals surface area (Å²) < 4.78 is 70.8. The zero-order valence-corrected chi connectivity index (χ0v) is 9.93. The molecule has 0 saturated carbocycles. The molecule has 106 valence electrons. The molecule has 1 aromatic carbocycles. The quantitative estimate of drug-likeness (QED) is 0.818. The predicted octanol–water partition coefficient (Wildman–Crippen LogP) is 1.17. The lowest BCUT2D eigenvalue weighted by atomic mass is 10.3. The summed E-state index contributed by atoms with van der Waals surface area (Å²) in [5, 5.41) is 6.32. The van der Waals surface area contributed by atoms with Crippen molar-refractivity contribution in [2.75, 3.05) is 5.32 Å². The number of hydrogen-bond acceptors (Lipinski definition) is 3. The third-order valence-electron chi connectivity index (χ3n) is 2.02. The summed E-state index contributed by atoms with van der Waals surface area (Å²) in [5.41, 5.74) is -0.266. The predicted molar refractivity (Wildman–Crippen MR) is 57.4 cm³/mol. The van der Waals surface area contributed by atoms with Gasteiger partial charge in [-0.2, -0.15) is 8.78 Å². The smallest absolute Gasteiger partial charge is 0.321 e. The standard InChI is InChI=1S/C9H8F4N2O3S/c10-7(11)9(12,13)8(16)15-5-1-3-6(4-2-5)19(14,17)18/h1-4,7H,(H,15,16)(H2,14,17,18). The Balaban J connectivity index is 2.88. The lowest BCUT2D eigenvalue weighted by Gasteiger charge is -2.14. The summed E-state index contributed by atoms with van der Waals surface area (Å²) in [4.78, 5) is 10.6. The number of primary sulfonamides is 1. The van der Waals surface area contributed by atoms with Crippen LogP contribution in [0.25, 0.3) is 0 Å². The van der Waals surface area contributed by atoms with E-state index in [4.69, 9.17) is 5.14 Å². The number of anilines is 1. The van der Waals surface area contributed by atoms with Crippen LogP contribution in [0.1, 0.15) is 0 Å². The molecule has 0 aliphatic rings. The van der Waals surface area contributed by atoms with Gasteiger partial charge in [0.1, 0.15) is 0 Å². The number of nitrogens with one attached hydrogen (secondary N) is 1. The van der Waals surface area contributed by atoms with Gasteiger partial charge in [0, 0.05) is 5.69 Å². The van der Waals surface area contributed by atoms with Crippen molar-refractivity contribution < 1.29 is 30.8 Å². The van der Waals surface area contributed by atoms with Crippen molar-refractivity contribution in [1.82, 2.24) is 0 Å². The molecule has 0 heterocycles. The maximum atomic E-state index is 12.6. The van der Waals surface area contributed by atoms with E-state index in [9.17, 15) is 30.8 Å². The molecule has 0 bridgehead atoms. The molecular formula is C9H8F4N2O3S. The Morgan fingerprint density at radius 3 is 2.05 bits per heavy atom. The molecule has 0 saturated heterocycles. The first-order valence-electron chi connectivity index (χ1n) is 4.65. The second-order valence-electron chi connectivity index (χ2n) is 3.45. The largest absolute Gasteiger partial charge is 0.383 e. The number of amides is 1. The molecule has 19 heavy (non-hydrogen) atoms. The van der Waals surface area contributed by atoms with Crippen LogP contribution in [0.2, 0.25) is 0 Å². The topological polar surface area (TPSA) is 89.3 Å². The van der Waals surface area contributed by atoms with Crippen LogP contribution >= 0.6 is 0 Å². The van der Waals surface area contributed by atoms with Gasteiger partial charge < -0.3 is 5.32 Å². The zero-order valence-electron chi connectivity index (χ0n) is 9.11. The number of carbonyl (C=O) groups is 1. The Labute approximate surface area is 105 Å². The second-order valence-corrected chi connectivity index (χ2v) is 5.01. The zero-order chi connectivity index (χ0) is 14.8. The first kappa shape index (κ1) is 15.4. The fourth-order valence-corrected chi connectivity index (χ4v) is 1.56. The van der Waals surface area contributed by atoms with Crippen molar-refractivity contribution in [3.63, 3.8) is 0 Å². The van der Waals surface area contributed by atoms with E-state index in [1.807, 2.05) is 0 Å². The van der Waals surface area contributed by atoms with Crippen LogP contribution in [-0.2, 0) is 14.8 Å². The van der Waals surface area contributed by atoms with Crippen LogP contribution in [0.15, 0.2) is 29.2 Å². The minimum atomic E-state index is -4.83. The van der Waals surface area contributed by atoms with Gasteiger partial charge in [-0.05, 0) is 24.3 Å². The molecule has 0 aromatic heterocycles. The van der Waals surface area contributed by atoms with Crippen molar-refractivity contribution in [3.8, 4) is 0 Å². The summed E-state index contributed by atoms with van der Waals surface area (Å²) >= 11 is 0. The fraction of sp³-hybridized carbons (Fsp3) is 0.222. The summed E-state index contributed by atoms with van der Waals surface area (Å²) in [7, 11) is -3.97. The van der Waals surface area contributed by atoms with Gasteiger partial charge in [-0.15, -0.1) is 0 Å². The molecule has 0 spiro atoms. The number of carbonyl (C=O) groups excluding carboxylic acids is 1. The third kappa shape index (κ3) is 3.64. The number of rotatable bonds is 4. The summed E-state index contributed by atoms with van der Waals surface area (Å²) in [5.74, 6) is -7.02. The van der Waals surface area contributed by atoms with E-state index in [-0.39, 0.29) is 10.6 Å². The molecule has 1 amide bonds. The van der Waals surface area contributed by atoms with Gasteiger partial charge in [0.2, 0.25) is 10.0 Å². The lowest BCUT2D eigenvalue weighted by molar-refractivity contribution is -0.163. The number of nitrogens with two attached hydrogens (primary N) is 1. The molecule has 0 aliphatic heterocycles. The van der Waals surface area contributed by atoms with Crippen LogP contribution in [0.3, 0.4) is 0 Å². The average molecular weight is 300 g/mol. The highest BCUT2D eigenvalue weighted by Crippen LogP contribution is 2.25. The summed E-state index contributed by atoms with van der Waals surface area (Å²) in [6, 6.07) is 3.76. The lowest BCUT2D eigenvalue weighted by Crippen LogP contribution is -2.40. The number of sulfonamides is 1. The molecule has 0 atom stereocenters. The van der Waals surface area contributed by atoms with Crippen molar-refractivity contribution in [2.24, 2.45) is 5.14 Å². The first-order valence-corrected chi connectivity index (χ1v) is 6.20. The van der Waals surface area contributed by atoms with Crippen LogP contribution in [-0.4, -0.2) is 26.7 Å². The second kappa shape index (κ2) is 5.13. The molecule has 1 rings (SSSR count). The molecule has 0 fully saturated rings. The monoisotopic (exact) mass is 300 g/mol. The van der Waals surface area contributed by atoms with Gasteiger partial charge in [-0.3, -0.25) is 4.79 Å². The highest BCUT2D eigenvalue weighted by atomic mass is 32.2. The summed E-state index contributed by atoms with van der Waals surface area (Å²) in [6.45, 7) is 0. The van der Waals surface area contributed by atoms with Gasteiger partial charge in [-0.25, -0.2) is 22.3 Å². The minimum absolute atomic E-state index is 0.266. The van der Waals surface area contributed by atoms with E-state index < -0.39 is 28.3 Å². The van der Waals surface area contributed by atoms with Gasteiger partial charge in [-0.1, -0.05) is 0 Å². The van der Waals surface area contributed by atoms with Gasteiger partial charge >= 0.3 is 18.3 Å². The van der Waals surface area contributed by atoms with E-state index in [2.05, 4.69) is 0 Å². The normalized spacial score (nSPS) is 12.5. The highest BCUT2D eigenvalue weighted by molar-refractivity contribution is 7.89. The Morgan fingerprint density at radius 2 is 1.68 bits per heavy atom. The van der Waals surface area contributed by atoms with Crippen LogP contribution in [0.4, 0.5) is 23.2 Å². The third-order valence-corrected chi connectivity index (χ3v) is 2.95. The van der Waals surface area contributed by atoms with Gasteiger partial charge in [0.05, 0.1) is 4.90 Å². The Hall–Kier alpha value is -1.68. The van der Waals surface area contributed by atoms with Crippen molar-refractivity contribution >= 4 is 21.6 Å². The molecule has 0 radical (unpaired) electrons. The molecule has 5 nitrogen and oxygen atoms in total. The fourth-order valence-electron chi connectivity index (χ4n) is 1.04. The molecule has 10 heteroatoms. The maximum Gasteiger partial charge on any atom is 0.383 e. The molecule has 3 N–H and O–H groups in total. The molecule has 0 unspecified atom stereocenters. The van der Waals surface area contributed by atoms with E-state index in [1.54, 1.807) is 0 Å². The number of halogens is 4. The SMILES string of the molecule is NS(=O)(=O)c1ccc(NC(=O)C(F)(F)C(F)F)cc1. The van der Waals surface area contributed by atoms with Gasteiger partial charge in [0.15, 0.2) is 0 Å². The minimum Gasteiger partial charge on any atom is -0.321 e. The Morgan fingerprint density at radius 1 is 1.21 bits per heavy atom. The van der Waals surface area contributed by atoms with Crippen molar-refractivity contribution in [2.45, 2.75) is 17.2 Å². The molecule has 0 aliphatic carbocycles. The average Bonchev–Trinajstić information content (AvgIpc) is 2.28.